The zero-order chi connectivity index (χ0) is 17.6. The van der Waals surface area contributed by atoms with Crippen molar-refractivity contribution in [2.45, 2.75) is 13.3 Å². The average Bonchev–Trinajstić information content (AvgIpc) is 2.63. The van der Waals surface area contributed by atoms with Crippen molar-refractivity contribution in [1.82, 2.24) is 9.97 Å². The van der Waals surface area contributed by atoms with Crippen molar-refractivity contribution in [1.29, 1.82) is 0 Å². The molecule has 1 aromatic heterocycles. The highest BCUT2D eigenvalue weighted by Gasteiger charge is 2.09. The van der Waals surface area contributed by atoms with E-state index in [4.69, 9.17) is 0 Å². The van der Waals surface area contributed by atoms with Crippen molar-refractivity contribution in [2.24, 2.45) is 0 Å². The monoisotopic (exact) mass is 336 g/mol. The molecule has 0 fully saturated rings. The second-order valence-electron chi connectivity index (χ2n) is 5.89. The van der Waals surface area contributed by atoms with Crippen LogP contribution in [0.25, 0.3) is 0 Å². The molecule has 0 aliphatic carbocycles. The normalized spacial score (nSPS) is 10.5. The first-order chi connectivity index (χ1) is 12.1. The Morgan fingerprint density at radius 2 is 1.72 bits per heavy atom. The molecular formula is C20H21FN4. The van der Waals surface area contributed by atoms with Crippen LogP contribution in [0.5, 0.6) is 0 Å². The molecule has 0 radical (unpaired) electrons. The van der Waals surface area contributed by atoms with Crippen LogP contribution in [0.1, 0.15) is 11.3 Å². The molecule has 0 aliphatic rings. The van der Waals surface area contributed by atoms with Crippen molar-refractivity contribution in [3.05, 3.63) is 77.7 Å². The van der Waals surface area contributed by atoms with E-state index in [1.807, 2.05) is 55.3 Å². The molecule has 0 bridgehead atoms. The van der Waals surface area contributed by atoms with Crippen LogP contribution in [0.2, 0.25) is 0 Å². The minimum absolute atomic E-state index is 0.211. The quantitative estimate of drug-likeness (QED) is 0.727. The minimum Gasteiger partial charge on any atom is -0.370 e. The number of hydrogen-bond acceptors (Lipinski definition) is 4. The summed E-state index contributed by atoms with van der Waals surface area (Å²) in [5.74, 6) is 1.22. The molecule has 0 saturated carbocycles. The maximum atomic E-state index is 12.9. The number of halogens is 1. The number of rotatable bonds is 6. The molecule has 1 N–H and O–H groups in total. The predicted molar refractivity (Wildman–Crippen MR) is 99.9 cm³/mol. The fourth-order valence-electron chi connectivity index (χ4n) is 2.55. The number of benzene rings is 2. The van der Waals surface area contributed by atoms with Crippen molar-refractivity contribution in [2.75, 3.05) is 23.8 Å². The van der Waals surface area contributed by atoms with E-state index in [1.165, 1.54) is 12.1 Å². The number of hydrogen-bond donors (Lipinski definition) is 1. The lowest BCUT2D eigenvalue weighted by Crippen LogP contribution is -2.15. The molecule has 3 rings (SSSR count). The van der Waals surface area contributed by atoms with E-state index >= 15 is 0 Å². The maximum Gasteiger partial charge on any atom is 0.231 e. The summed E-state index contributed by atoms with van der Waals surface area (Å²) in [6, 6.07) is 18.5. The van der Waals surface area contributed by atoms with Gasteiger partial charge in [-0.25, -0.2) is 9.37 Å². The van der Waals surface area contributed by atoms with E-state index in [1.54, 1.807) is 12.1 Å². The van der Waals surface area contributed by atoms with Gasteiger partial charge in [0, 0.05) is 31.0 Å². The first-order valence-electron chi connectivity index (χ1n) is 8.24. The van der Waals surface area contributed by atoms with E-state index in [-0.39, 0.29) is 5.82 Å². The van der Waals surface area contributed by atoms with Crippen LogP contribution in [-0.2, 0) is 6.42 Å². The Hall–Kier alpha value is -2.95. The molecule has 5 heteroatoms. The SMILES string of the molecule is Cc1cc(NCCc2ccc(F)cc2)nc(N(C)c2ccccc2)n1. The van der Waals surface area contributed by atoms with Crippen LogP contribution in [-0.4, -0.2) is 23.6 Å². The fourth-order valence-corrected chi connectivity index (χ4v) is 2.55. The first kappa shape index (κ1) is 16.9. The number of para-hydroxylation sites is 1. The highest BCUT2D eigenvalue weighted by atomic mass is 19.1. The van der Waals surface area contributed by atoms with Gasteiger partial charge in [0.15, 0.2) is 0 Å². The summed E-state index contributed by atoms with van der Waals surface area (Å²) in [4.78, 5) is 11.1. The van der Waals surface area contributed by atoms with E-state index in [0.29, 0.717) is 5.95 Å². The summed E-state index contributed by atoms with van der Waals surface area (Å²) in [6.45, 7) is 2.67. The van der Waals surface area contributed by atoms with Crippen molar-refractivity contribution in [3.63, 3.8) is 0 Å². The van der Waals surface area contributed by atoms with Gasteiger partial charge in [-0.15, -0.1) is 0 Å². The Balaban J connectivity index is 1.68. The van der Waals surface area contributed by atoms with Gasteiger partial charge in [-0.2, -0.15) is 4.98 Å². The Kier molecular flexibility index (Phi) is 5.23. The molecule has 0 saturated heterocycles. The average molecular weight is 336 g/mol. The van der Waals surface area contributed by atoms with Crippen LogP contribution >= 0.6 is 0 Å². The standard InChI is InChI=1S/C20H21FN4/c1-15-14-19(22-13-12-16-8-10-17(21)11-9-16)24-20(23-15)25(2)18-6-4-3-5-7-18/h3-11,14H,12-13H2,1-2H3,(H,22,23,24). The number of nitrogens with zero attached hydrogens (tertiary/aromatic N) is 3. The Labute approximate surface area is 147 Å². The summed E-state index contributed by atoms with van der Waals surface area (Å²) < 4.78 is 12.9. The molecule has 0 atom stereocenters. The summed E-state index contributed by atoms with van der Waals surface area (Å²) >= 11 is 0. The van der Waals surface area contributed by atoms with E-state index in [9.17, 15) is 4.39 Å². The van der Waals surface area contributed by atoms with Gasteiger partial charge in [-0.3, -0.25) is 0 Å². The number of aromatic nitrogens is 2. The molecule has 0 unspecified atom stereocenters. The van der Waals surface area contributed by atoms with Crippen LogP contribution in [0.3, 0.4) is 0 Å². The lowest BCUT2D eigenvalue weighted by Gasteiger charge is -2.18. The van der Waals surface area contributed by atoms with Crippen molar-refractivity contribution >= 4 is 17.5 Å². The molecule has 4 nitrogen and oxygen atoms in total. The molecule has 0 amide bonds. The smallest absolute Gasteiger partial charge is 0.231 e. The second kappa shape index (κ2) is 7.75. The Bertz CT molecular complexity index is 819. The van der Waals surface area contributed by atoms with Crippen molar-refractivity contribution < 1.29 is 4.39 Å². The maximum absolute atomic E-state index is 12.9. The summed E-state index contributed by atoms with van der Waals surface area (Å²) in [7, 11) is 1.95. The van der Waals surface area contributed by atoms with Gasteiger partial charge in [0.25, 0.3) is 0 Å². The first-order valence-corrected chi connectivity index (χ1v) is 8.24. The molecule has 0 aliphatic heterocycles. The van der Waals surface area contributed by atoms with Crippen LogP contribution in [0.4, 0.5) is 21.8 Å². The predicted octanol–water partition coefficient (Wildman–Crippen LogP) is 4.35. The lowest BCUT2D eigenvalue weighted by molar-refractivity contribution is 0.627. The molecule has 25 heavy (non-hydrogen) atoms. The second-order valence-corrected chi connectivity index (χ2v) is 5.89. The fraction of sp³-hybridized carbons (Fsp3) is 0.200. The zero-order valence-electron chi connectivity index (χ0n) is 14.4. The molecule has 128 valence electrons. The van der Waals surface area contributed by atoms with Gasteiger partial charge in [0.1, 0.15) is 11.6 Å². The highest BCUT2D eigenvalue weighted by molar-refractivity contribution is 5.57. The minimum atomic E-state index is -0.211. The topological polar surface area (TPSA) is 41.1 Å². The largest absolute Gasteiger partial charge is 0.370 e. The summed E-state index contributed by atoms with van der Waals surface area (Å²) in [6.07, 6.45) is 0.799. The van der Waals surface area contributed by atoms with E-state index in [0.717, 1.165) is 35.7 Å². The van der Waals surface area contributed by atoms with E-state index in [2.05, 4.69) is 15.3 Å². The Morgan fingerprint density at radius 1 is 1.00 bits per heavy atom. The third-order valence-electron chi connectivity index (χ3n) is 3.92. The van der Waals surface area contributed by atoms with Crippen LogP contribution in [0, 0.1) is 12.7 Å². The van der Waals surface area contributed by atoms with Gasteiger partial charge >= 0.3 is 0 Å². The number of anilines is 3. The third-order valence-corrected chi connectivity index (χ3v) is 3.92. The van der Waals surface area contributed by atoms with Crippen molar-refractivity contribution in [3.8, 4) is 0 Å². The molecule has 2 aromatic carbocycles. The van der Waals surface area contributed by atoms with Gasteiger partial charge in [0.2, 0.25) is 5.95 Å². The molecular weight excluding hydrogens is 315 g/mol. The lowest BCUT2D eigenvalue weighted by atomic mass is 10.1. The van der Waals surface area contributed by atoms with E-state index < -0.39 is 0 Å². The third kappa shape index (κ3) is 4.53. The highest BCUT2D eigenvalue weighted by Crippen LogP contribution is 2.21. The number of aryl methyl sites for hydroxylation is 1. The summed E-state index contributed by atoms with van der Waals surface area (Å²) in [5, 5.41) is 3.32. The zero-order valence-corrected chi connectivity index (χ0v) is 14.4. The summed E-state index contributed by atoms with van der Waals surface area (Å²) in [5.41, 5.74) is 3.02. The molecule has 3 aromatic rings. The van der Waals surface area contributed by atoms with Crippen LogP contribution < -0.4 is 10.2 Å². The van der Waals surface area contributed by atoms with Crippen LogP contribution in [0.15, 0.2) is 60.7 Å². The van der Waals surface area contributed by atoms with Gasteiger partial charge in [-0.1, -0.05) is 30.3 Å². The number of nitrogens with one attached hydrogen (secondary N) is 1. The Morgan fingerprint density at radius 3 is 2.44 bits per heavy atom. The molecule has 1 heterocycles. The molecule has 0 spiro atoms. The van der Waals surface area contributed by atoms with Gasteiger partial charge in [-0.05, 0) is 43.2 Å². The van der Waals surface area contributed by atoms with Gasteiger partial charge < -0.3 is 10.2 Å². The van der Waals surface area contributed by atoms with Gasteiger partial charge in [0.05, 0.1) is 0 Å².